The van der Waals surface area contributed by atoms with Crippen LogP contribution in [0.3, 0.4) is 0 Å². The number of nitrogen functional groups attached to an aromatic ring is 1. The fraction of sp³-hybridized carbons (Fsp3) is 0.303. The number of benzene rings is 3. The standard InChI is InChI=1S/C33H36N4O4/c1-5-21(3)37-30-11-10-25(24-9-8-23-13-14-35-33(34)27(23)16-24)17-28(30)29(36-37)20-41-31-12-7-22(19-39-4)15-26(31)18-32(38)40-6-2/h7-17,21H,5-6,18-20H2,1-4H3,(H2,34,35)/t21-/m0/s1. The Morgan fingerprint density at radius 1 is 0.976 bits per heavy atom. The average molecular weight is 553 g/mol. The molecule has 8 nitrogen and oxygen atoms in total. The van der Waals surface area contributed by atoms with E-state index in [-0.39, 0.29) is 25.0 Å². The monoisotopic (exact) mass is 552 g/mol. The predicted molar refractivity (Wildman–Crippen MR) is 162 cm³/mol. The fourth-order valence-corrected chi connectivity index (χ4v) is 5.05. The number of nitrogens with two attached hydrogens (primary N) is 1. The summed E-state index contributed by atoms with van der Waals surface area (Å²) in [6.07, 6.45) is 2.79. The summed E-state index contributed by atoms with van der Waals surface area (Å²) >= 11 is 0. The van der Waals surface area contributed by atoms with Crippen LogP contribution in [0.15, 0.2) is 66.9 Å². The van der Waals surface area contributed by atoms with Gasteiger partial charge in [-0.15, -0.1) is 0 Å². The van der Waals surface area contributed by atoms with Crippen molar-refractivity contribution in [2.24, 2.45) is 0 Å². The van der Waals surface area contributed by atoms with Crippen molar-refractivity contribution in [2.75, 3.05) is 19.5 Å². The van der Waals surface area contributed by atoms with Gasteiger partial charge in [-0.1, -0.05) is 31.2 Å². The lowest BCUT2D eigenvalue weighted by molar-refractivity contribution is -0.142. The van der Waals surface area contributed by atoms with E-state index < -0.39 is 0 Å². The molecule has 0 amide bonds. The molecule has 5 aromatic rings. The van der Waals surface area contributed by atoms with Gasteiger partial charge in [0, 0.05) is 35.7 Å². The third-order valence-corrected chi connectivity index (χ3v) is 7.36. The van der Waals surface area contributed by atoms with Crippen LogP contribution in [-0.2, 0) is 33.9 Å². The molecule has 41 heavy (non-hydrogen) atoms. The molecule has 0 saturated heterocycles. The molecular formula is C33H36N4O4. The minimum atomic E-state index is -0.297. The van der Waals surface area contributed by atoms with Gasteiger partial charge in [-0.2, -0.15) is 5.10 Å². The zero-order valence-electron chi connectivity index (χ0n) is 24.0. The number of rotatable bonds is 11. The molecule has 2 N–H and O–H groups in total. The number of esters is 1. The first kappa shape index (κ1) is 28.1. The van der Waals surface area contributed by atoms with E-state index >= 15 is 0 Å². The molecule has 0 bridgehead atoms. The van der Waals surface area contributed by atoms with Gasteiger partial charge in [0.05, 0.1) is 25.2 Å². The Morgan fingerprint density at radius 3 is 2.51 bits per heavy atom. The number of fused-ring (bicyclic) bond motifs is 2. The van der Waals surface area contributed by atoms with Crippen molar-refractivity contribution in [1.82, 2.24) is 14.8 Å². The van der Waals surface area contributed by atoms with Gasteiger partial charge in [-0.05, 0) is 78.7 Å². The first-order chi connectivity index (χ1) is 19.9. The lowest BCUT2D eigenvalue weighted by Crippen LogP contribution is -2.10. The molecule has 1 atom stereocenters. The van der Waals surface area contributed by atoms with Crippen LogP contribution in [-0.4, -0.2) is 34.5 Å². The van der Waals surface area contributed by atoms with Gasteiger partial charge >= 0.3 is 5.97 Å². The van der Waals surface area contributed by atoms with Crippen LogP contribution in [0.2, 0.25) is 0 Å². The minimum absolute atomic E-state index is 0.118. The number of hydrogen-bond donors (Lipinski definition) is 1. The fourth-order valence-electron chi connectivity index (χ4n) is 5.05. The van der Waals surface area contributed by atoms with Crippen molar-refractivity contribution in [3.8, 4) is 16.9 Å². The molecule has 2 aromatic heterocycles. The van der Waals surface area contributed by atoms with Crippen LogP contribution < -0.4 is 10.5 Å². The van der Waals surface area contributed by atoms with Crippen LogP contribution in [0, 0.1) is 0 Å². The summed E-state index contributed by atoms with van der Waals surface area (Å²) in [6.45, 7) is 7.13. The third-order valence-electron chi connectivity index (χ3n) is 7.36. The van der Waals surface area contributed by atoms with E-state index in [0.717, 1.165) is 56.0 Å². The molecule has 0 aliphatic rings. The molecule has 5 rings (SSSR count). The molecule has 212 valence electrons. The zero-order chi connectivity index (χ0) is 28.9. The number of hydrogen-bond acceptors (Lipinski definition) is 7. The van der Waals surface area contributed by atoms with E-state index in [0.29, 0.717) is 24.8 Å². The van der Waals surface area contributed by atoms with E-state index in [4.69, 9.17) is 25.0 Å². The van der Waals surface area contributed by atoms with E-state index in [1.165, 1.54) is 0 Å². The molecule has 0 unspecified atom stereocenters. The molecule has 0 aliphatic carbocycles. The summed E-state index contributed by atoms with van der Waals surface area (Å²) in [5, 5.41) is 7.99. The van der Waals surface area contributed by atoms with Crippen LogP contribution in [0.4, 0.5) is 5.82 Å². The Balaban J connectivity index is 1.52. The Labute approximate surface area is 240 Å². The van der Waals surface area contributed by atoms with Gasteiger partial charge in [0.25, 0.3) is 0 Å². The number of anilines is 1. The van der Waals surface area contributed by atoms with Gasteiger partial charge in [-0.3, -0.25) is 9.48 Å². The second kappa shape index (κ2) is 12.4. The Hall–Kier alpha value is -4.43. The Morgan fingerprint density at radius 2 is 1.76 bits per heavy atom. The maximum absolute atomic E-state index is 12.3. The topological polar surface area (TPSA) is 101 Å². The highest BCUT2D eigenvalue weighted by molar-refractivity contribution is 5.95. The number of carbonyl (C=O) groups excluding carboxylic acids is 1. The smallest absolute Gasteiger partial charge is 0.310 e. The summed E-state index contributed by atoms with van der Waals surface area (Å²) in [6, 6.07) is 20.6. The highest BCUT2D eigenvalue weighted by Gasteiger charge is 2.18. The molecule has 0 aliphatic heterocycles. The molecular weight excluding hydrogens is 516 g/mol. The maximum atomic E-state index is 12.3. The van der Waals surface area contributed by atoms with Crippen molar-refractivity contribution in [1.29, 1.82) is 0 Å². The Kier molecular flexibility index (Phi) is 8.50. The maximum Gasteiger partial charge on any atom is 0.310 e. The molecule has 8 heteroatoms. The van der Waals surface area contributed by atoms with Crippen molar-refractivity contribution < 1.29 is 19.0 Å². The number of pyridine rings is 1. The number of aromatic nitrogens is 3. The predicted octanol–water partition coefficient (Wildman–Crippen LogP) is 6.64. The number of carbonyl (C=O) groups is 1. The van der Waals surface area contributed by atoms with Crippen LogP contribution in [0.5, 0.6) is 5.75 Å². The van der Waals surface area contributed by atoms with E-state index in [2.05, 4.69) is 59.9 Å². The first-order valence-electron chi connectivity index (χ1n) is 14.0. The van der Waals surface area contributed by atoms with Crippen LogP contribution in [0.25, 0.3) is 32.8 Å². The second-order valence-corrected chi connectivity index (χ2v) is 10.2. The molecule has 3 aromatic carbocycles. The second-order valence-electron chi connectivity index (χ2n) is 10.2. The molecule has 0 radical (unpaired) electrons. The van der Waals surface area contributed by atoms with E-state index in [9.17, 15) is 4.79 Å². The van der Waals surface area contributed by atoms with E-state index in [1.807, 2.05) is 24.3 Å². The molecule has 0 spiro atoms. The molecule has 2 heterocycles. The highest BCUT2D eigenvalue weighted by atomic mass is 16.5. The van der Waals surface area contributed by atoms with Gasteiger partial charge in [-0.25, -0.2) is 4.98 Å². The normalized spacial score (nSPS) is 12.1. The average Bonchev–Trinajstić information content (AvgIpc) is 3.34. The van der Waals surface area contributed by atoms with Crippen molar-refractivity contribution in [2.45, 2.75) is 52.9 Å². The van der Waals surface area contributed by atoms with Crippen LogP contribution in [0.1, 0.15) is 50.1 Å². The minimum Gasteiger partial charge on any atom is -0.487 e. The van der Waals surface area contributed by atoms with Gasteiger partial charge in [0.2, 0.25) is 0 Å². The number of methoxy groups -OCH3 is 1. The lowest BCUT2D eigenvalue weighted by atomic mass is 10.00. The van der Waals surface area contributed by atoms with Gasteiger partial charge < -0.3 is 19.9 Å². The lowest BCUT2D eigenvalue weighted by Gasteiger charge is -2.13. The van der Waals surface area contributed by atoms with Crippen molar-refractivity contribution in [3.05, 3.63) is 83.7 Å². The summed E-state index contributed by atoms with van der Waals surface area (Å²) < 4.78 is 18.9. The molecule has 0 saturated carbocycles. The molecule has 0 fully saturated rings. The van der Waals surface area contributed by atoms with Crippen LogP contribution >= 0.6 is 0 Å². The number of nitrogens with zero attached hydrogens (tertiary/aromatic N) is 3. The zero-order valence-corrected chi connectivity index (χ0v) is 24.0. The highest BCUT2D eigenvalue weighted by Crippen LogP contribution is 2.32. The quantitative estimate of drug-likeness (QED) is 0.183. The van der Waals surface area contributed by atoms with E-state index in [1.54, 1.807) is 20.2 Å². The summed E-state index contributed by atoms with van der Waals surface area (Å²) in [5.41, 5.74) is 11.9. The summed E-state index contributed by atoms with van der Waals surface area (Å²) in [7, 11) is 1.65. The largest absolute Gasteiger partial charge is 0.487 e. The summed E-state index contributed by atoms with van der Waals surface area (Å²) in [5.74, 6) is 0.839. The van der Waals surface area contributed by atoms with Crippen molar-refractivity contribution >= 4 is 33.5 Å². The SMILES string of the molecule is CCOC(=O)Cc1cc(COC)ccc1OCc1nn([C@@H](C)CC)c2ccc(-c3ccc4ccnc(N)c4c3)cc12. The third kappa shape index (κ3) is 6.02. The van der Waals surface area contributed by atoms with Crippen molar-refractivity contribution in [3.63, 3.8) is 0 Å². The first-order valence-corrected chi connectivity index (χ1v) is 14.0. The Bertz CT molecular complexity index is 1690. The number of ether oxygens (including phenoxy) is 3. The summed E-state index contributed by atoms with van der Waals surface area (Å²) in [4.78, 5) is 16.6. The van der Waals surface area contributed by atoms with Gasteiger partial charge in [0.1, 0.15) is 23.9 Å². The van der Waals surface area contributed by atoms with Gasteiger partial charge in [0.15, 0.2) is 0 Å².